The number of nitrogens with one attached hydrogen (secondary N) is 1. The van der Waals surface area contributed by atoms with Crippen molar-refractivity contribution in [3.05, 3.63) is 51.0 Å². The number of carbonyl (C=O) groups excluding carboxylic acids is 1. The van der Waals surface area contributed by atoms with Crippen LogP contribution in [0.3, 0.4) is 0 Å². The minimum absolute atomic E-state index is 0.0837. The molecule has 2 aromatic rings. The van der Waals surface area contributed by atoms with Gasteiger partial charge < -0.3 is 14.8 Å². The summed E-state index contributed by atoms with van der Waals surface area (Å²) in [7, 11) is 3.16. The maximum Gasteiger partial charge on any atom is 0.162 e. The Labute approximate surface area is 154 Å². The molecular weight excluding hydrogens is 338 g/mol. The van der Waals surface area contributed by atoms with Gasteiger partial charge in [-0.15, -0.1) is 0 Å². The predicted molar refractivity (Wildman–Crippen MR) is 103 cm³/mol. The highest BCUT2D eigenvalue weighted by molar-refractivity contribution is 6.33. The van der Waals surface area contributed by atoms with Crippen molar-refractivity contribution >= 4 is 23.1 Å². The zero-order valence-electron chi connectivity index (χ0n) is 15.5. The highest BCUT2D eigenvalue weighted by Gasteiger charge is 2.15. The topological polar surface area (TPSA) is 47.6 Å². The fourth-order valence-electron chi connectivity index (χ4n) is 3.21. The van der Waals surface area contributed by atoms with Crippen molar-refractivity contribution < 1.29 is 14.3 Å². The molecule has 0 amide bonds. The zero-order valence-corrected chi connectivity index (χ0v) is 16.3. The standard InChI is InChI=1S/C20H24ClNO3/c1-11-7-12(2)20(14(4)23)13(3)15(11)10-22-17-9-19(25-6)18(24-5)8-16(17)21/h7-9,22H,10H2,1-6H3. The van der Waals surface area contributed by atoms with Crippen molar-refractivity contribution in [2.45, 2.75) is 34.2 Å². The van der Waals surface area contributed by atoms with E-state index in [1.165, 1.54) is 0 Å². The quantitative estimate of drug-likeness (QED) is 0.727. The van der Waals surface area contributed by atoms with Crippen LogP contribution in [0.2, 0.25) is 5.02 Å². The van der Waals surface area contributed by atoms with E-state index in [1.807, 2.05) is 19.9 Å². The van der Waals surface area contributed by atoms with Crippen LogP contribution in [0.5, 0.6) is 11.5 Å². The molecule has 0 heterocycles. The molecular formula is C20H24ClNO3. The largest absolute Gasteiger partial charge is 0.493 e. The maximum atomic E-state index is 12.0. The van der Waals surface area contributed by atoms with Gasteiger partial charge in [0.25, 0.3) is 0 Å². The molecule has 0 radical (unpaired) electrons. The van der Waals surface area contributed by atoms with Gasteiger partial charge in [-0.05, 0) is 49.9 Å². The molecule has 0 fully saturated rings. The number of hydrogen-bond acceptors (Lipinski definition) is 4. The van der Waals surface area contributed by atoms with Crippen LogP contribution >= 0.6 is 11.6 Å². The predicted octanol–water partition coefficient (Wildman–Crippen LogP) is 5.10. The molecule has 2 rings (SSSR count). The number of methoxy groups -OCH3 is 2. The fourth-order valence-corrected chi connectivity index (χ4v) is 3.43. The molecule has 2 aromatic carbocycles. The number of benzene rings is 2. The van der Waals surface area contributed by atoms with E-state index in [9.17, 15) is 4.79 Å². The minimum atomic E-state index is 0.0837. The molecule has 5 heteroatoms. The molecule has 0 aliphatic heterocycles. The van der Waals surface area contributed by atoms with Gasteiger partial charge in [0, 0.05) is 24.2 Å². The average Bonchev–Trinajstić information content (AvgIpc) is 2.54. The first-order valence-corrected chi connectivity index (χ1v) is 8.43. The van der Waals surface area contributed by atoms with Crippen molar-refractivity contribution in [3.8, 4) is 11.5 Å². The number of carbonyl (C=O) groups is 1. The Morgan fingerprint density at radius 3 is 2.20 bits per heavy atom. The van der Waals surface area contributed by atoms with E-state index in [4.69, 9.17) is 21.1 Å². The normalized spacial score (nSPS) is 10.5. The van der Waals surface area contributed by atoms with Crippen molar-refractivity contribution in [3.63, 3.8) is 0 Å². The summed E-state index contributed by atoms with van der Waals surface area (Å²) in [5.74, 6) is 1.27. The molecule has 0 unspecified atom stereocenters. The maximum absolute atomic E-state index is 12.0. The molecule has 0 aromatic heterocycles. The first-order valence-electron chi connectivity index (χ1n) is 8.06. The highest BCUT2D eigenvalue weighted by Crippen LogP contribution is 2.36. The molecule has 0 saturated carbocycles. The van der Waals surface area contributed by atoms with Crippen LogP contribution < -0.4 is 14.8 Å². The van der Waals surface area contributed by atoms with E-state index in [2.05, 4.69) is 18.3 Å². The van der Waals surface area contributed by atoms with E-state index < -0.39 is 0 Å². The van der Waals surface area contributed by atoms with Crippen LogP contribution in [0.1, 0.15) is 39.5 Å². The van der Waals surface area contributed by atoms with Gasteiger partial charge >= 0.3 is 0 Å². The summed E-state index contributed by atoms with van der Waals surface area (Å²) in [6.45, 7) is 8.18. The Bertz CT molecular complexity index is 815. The monoisotopic (exact) mass is 361 g/mol. The lowest BCUT2D eigenvalue weighted by molar-refractivity contribution is 0.101. The van der Waals surface area contributed by atoms with Gasteiger partial charge in [0.1, 0.15) is 0 Å². The number of rotatable bonds is 6. The van der Waals surface area contributed by atoms with Crippen molar-refractivity contribution in [1.29, 1.82) is 0 Å². The number of ketones is 1. The fraction of sp³-hybridized carbons (Fsp3) is 0.350. The molecule has 1 N–H and O–H groups in total. The number of ether oxygens (including phenoxy) is 2. The van der Waals surface area contributed by atoms with Gasteiger partial charge in [-0.2, -0.15) is 0 Å². The van der Waals surface area contributed by atoms with E-state index in [0.717, 1.165) is 33.5 Å². The van der Waals surface area contributed by atoms with Crippen LogP contribution in [0.25, 0.3) is 0 Å². The smallest absolute Gasteiger partial charge is 0.162 e. The van der Waals surface area contributed by atoms with Crippen LogP contribution in [0.15, 0.2) is 18.2 Å². The second-order valence-corrected chi connectivity index (χ2v) is 6.49. The lowest BCUT2D eigenvalue weighted by Gasteiger charge is -2.18. The lowest BCUT2D eigenvalue weighted by atomic mass is 9.91. The Kier molecular flexibility index (Phi) is 5.96. The van der Waals surface area contributed by atoms with E-state index in [1.54, 1.807) is 27.2 Å². The molecule has 0 aliphatic rings. The highest BCUT2D eigenvalue weighted by atomic mass is 35.5. The van der Waals surface area contributed by atoms with Gasteiger partial charge in [0.05, 0.1) is 24.9 Å². The molecule has 134 valence electrons. The van der Waals surface area contributed by atoms with E-state index in [0.29, 0.717) is 23.1 Å². The lowest BCUT2D eigenvalue weighted by Crippen LogP contribution is -2.10. The third kappa shape index (κ3) is 3.90. The molecule has 0 aliphatic carbocycles. The van der Waals surface area contributed by atoms with Crippen molar-refractivity contribution in [2.24, 2.45) is 0 Å². The van der Waals surface area contributed by atoms with Crippen LogP contribution in [-0.4, -0.2) is 20.0 Å². The summed E-state index contributed by atoms with van der Waals surface area (Å²) in [6, 6.07) is 5.58. The SMILES string of the molecule is COc1cc(Cl)c(NCc2c(C)cc(C)c(C(C)=O)c2C)cc1OC. The summed E-state index contributed by atoms with van der Waals surface area (Å²) in [4.78, 5) is 12.0. The van der Waals surface area contributed by atoms with Gasteiger partial charge in [-0.1, -0.05) is 17.7 Å². The first-order chi connectivity index (χ1) is 11.8. The van der Waals surface area contributed by atoms with Crippen LogP contribution in [0, 0.1) is 20.8 Å². The Balaban J connectivity index is 2.37. The summed E-state index contributed by atoms with van der Waals surface area (Å²) in [5.41, 5.74) is 5.80. The molecule has 4 nitrogen and oxygen atoms in total. The van der Waals surface area contributed by atoms with Gasteiger partial charge in [-0.3, -0.25) is 4.79 Å². The molecule has 0 bridgehead atoms. The van der Waals surface area contributed by atoms with Crippen LogP contribution in [0.4, 0.5) is 5.69 Å². The van der Waals surface area contributed by atoms with E-state index >= 15 is 0 Å². The zero-order chi connectivity index (χ0) is 18.7. The summed E-state index contributed by atoms with van der Waals surface area (Å²) in [6.07, 6.45) is 0. The summed E-state index contributed by atoms with van der Waals surface area (Å²) < 4.78 is 10.6. The molecule has 0 atom stereocenters. The number of halogens is 1. The molecule has 0 spiro atoms. The third-order valence-electron chi connectivity index (χ3n) is 4.41. The van der Waals surface area contributed by atoms with Gasteiger partial charge in [0.15, 0.2) is 17.3 Å². The second-order valence-electron chi connectivity index (χ2n) is 6.09. The van der Waals surface area contributed by atoms with Gasteiger partial charge in [0.2, 0.25) is 0 Å². The van der Waals surface area contributed by atoms with E-state index in [-0.39, 0.29) is 5.78 Å². The molecule has 0 saturated heterocycles. The molecule has 25 heavy (non-hydrogen) atoms. The third-order valence-corrected chi connectivity index (χ3v) is 4.72. The van der Waals surface area contributed by atoms with Gasteiger partial charge in [-0.25, -0.2) is 0 Å². The summed E-state index contributed by atoms with van der Waals surface area (Å²) >= 11 is 6.34. The minimum Gasteiger partial charge on any atom is -0.493 e. The van der Waals surface area contributed by atoms with Crippen LogP contribution in [-0.2, 0) is 6.54 Å². The Morgan fingerprint density at radius 1 is 1.04 bits per heavy atom. The van der Waals surface area contributed by atoms with Crippen molar-refractivity contribution in [1.82, 2.24) is 0 Å². The van der Waals surface area contributed by atoms with Crippen molar-refractivity contribution in [2.75, 3.05) is 19.5 Å². The first kappa shape index (κ1) is 19.1. The Morgan fingerprint density at radius 2 is 1.64 bits per heavy atom. The number of hydrogen-bond donors (Lipinski definition) is 1. The number of Topliss-reactive ketones (excluding diaryl/α,β-unsaturated/α-hetero) is 1. The second kappa shape index (κ2) is 7.79. The number of anilines is 1. The number of aryl methyl sites for hydroxylation is 2. The average molecular weight is 362 g/mol. The summed E-state index contributed by atoms with van der Waals surface area (Å²) in [5, 5.41) is 3.89. The Hall–Kier alpha value is -2.20.